The van der Waals surface area contributed by atoms with Gasteiger partial charge in [-0.3, -0.25) is 4.98 Å². The van der Waals surface area contributed by atoms with E-state index in [0.29, 0.717) is 43.8 Å². The second-order valence-corrected chi connectivity index (χ2v) is 13.8. The number of aryl methyl sites for hydroxylation is 1. The highest BCUT2D eigenvalue weighted by Crippen LogP contribution is 2.61. The molecule has 3 aliphatic rings. The molecule has 11 heteroatoms. The van der Waals surface area contributed by atoms with Gasteiger partial charge in [0.25, 0.3) is 0 Å². The van der Waals surface area contributed by atoms with E-state index in [1.807, 2.05) is 37.3 Å². The second-order valence-electron chi connectivity index (χ2n) is 13.8. The van der Waals surface area contributed by atoms with Crippen molar-refractivity contribution in [1.82, 2.24) is 9.88 Å². The third-order valence-electron chi connectivity index (χ3n) is 10.5. The third-order valence-corrected chi connectivity index (χ3v) is 10.5. The lowest BCUT2D eigenvalue weighted by molar-refractivity contribution is -0.253. The molecule has 52 heavy (non-hydrogen) atoms. The molecule has 2 aromatic rings. The molecule has 5 rings (SSSR count). The lowest BCUT2D eigenvalue weighted by atomic mass is 9.55. The number of aromatic nitrogens is 1. The maximum absolute atomic E-state index is 13.6. The van der Waals surface area contributed by atoms with Gasteiger partial charge in [-0.2, -0.15) is 0 Å². The second kappa shape index (κ2) is 18.5. The van der Waals surface area contributed by atoms with E-state index in [1.54, 1.807) is 24.1 Å². The molecule has 0 bridgehead atoms. The van der Waals surface area contributed by atoms with E-state index in [1.165, 1.54) is 7.11 Å². The maximum Gasteiger partial charge on any atom is 0.409 e. The van der Waals surface area contributed by atoms with Crippen LogP contribution in [-0.4, -0.2) is 84.3 Å². The molecular formula is C41H55N3O8. The summed E-state index contributed by atoms with van der Waals surface area (Å²) in [4.78, 5) is 25.3. The number of likely N-dealkylation sites (N-methyl/N-ethyl adjacent to an activating group) is 1. The molecule has 0 saturated heterocycles. The van der Waals surface area contributed by atoms with Gasteiger partial charge < -0.3 is 38.9 Å². The summed E-state index contributed by atoms with van der Waals surface area (Å²) in [5.74, 6) is -0.316. The van der Waals surface area contributed by atoms with Gasteiger partial charge in [0.2, 0.25) is 5.79 Å². The van der Waals surface area contributed by atoms with E-state index >= 15 is 0 Å². The van der Waals surface area contributed by atoms with Gasteiger partial charge in [-0.25, -0.2) is 4.79 Å². The van der Waals surface area contributed by atoms with Gasteiger partial charge in [-0.1, -0.05) is 42.3 Å². The Bertz CT molecular complexity index is 1590. The van der Waals surface area contributed by atoms with Gasteiger partial charge in [0, 0.05) is 43.9 Å². The quantitative estimate of drug-likeness (QED) is 0.0907. The Morgan fingerprint density at radius 3 is 2.62 bits per heavy atom. The van der Waals surface area contributed by atoms with Crippen molar-refractivity contribution in [1.29, 1.82) is 0 Å². The number of hydrogen-bond donors (Lipinski definition) is 2. The number of nitrogens with zero attached hydrogens (tertiary/aromatic N) is 3. The highest BCUT2D eigenvalue weighted by atomic mass is 16.7. The van der Waals surface area contributed by atoms with Crippen LogP contribution in [0.2, 0.25) is 0 Å². The summed E-state index contributed by atoms with van der Waals surface area (Å²) in [5.41, 5.74) is 4.42. The van der Waals surface area contributed by atoms with Crippen LogP contribution in [0.4, 0.5) is 4.79 Å². The fourth-order valence-corrected chi connectivity index (χ4v) is 8.22. The molecule has 1 aliphatic heterocycles. The largest absolute Gasteiger partial charge is 0.487 e. The molecule has 0 unspecified atom stereocenters. The van der Waals surface area contributed by atoms with Gasteiger partial charge in [-0.15, -0.1) is 13.2 Å². The molecule has 11 nitrogen and oxygen atoms in total. The van der Waals surface area contributed by atoms with E-state index < -0.39 is 23.8 Å². The Balaban J connectivity index is 1.68. The molecule has 1 fully saturated rings. The molecule has 0 radical (unpaired) electrons. The molecule has 2 heterocycles. The summed E-state index contributed by atoms with van der Waals surface area (Å²) in [6.07, 6.45) is 10.8. The van der Waals surface area contributed by atoms with E-state index in [4.69, 9.17) is 23.8 Å². The summed E-state index contributed by atoms with van der Waals surface area (Å²) in [5, 5.41) is 24.1. The summed E-state index contributed by atoms with van der Waals surface area (Å²) in [6, 6.07) is 11.1. The first-order valence-electron chi connectivity index (χ1n) is 18.5. The molecule has 6 atom stereocenters. The van der Waals surface area contributed by atoms with E-state index in [2.05, 4.69) is 35.4 Å². The van der Waals surface area contributed by atoms with Gasteiger partial charge in [-0.05, 0) is 86.8 Å². The van der Waals surface area contributed by atoms with E-state index in [0.717, 1.165) is 53.9 Å². The normalized spacial score (nSPS) is 25.2. The molecule has 2 N–H and O–H groups in total. The van der Waals surface area contributed by atoms with Crippen molar-refractivity contribution >= 4 is 11.8 Å². The number of carbonyl (C=O) groups is 1. The highest BCUT2D eigenvalue weighted by molar-refractivity contribution is 6.02. The smallest absolute Gasteiger partial charge is 0.409 e. The first-order chi connectivity index (χ1) is 25.3. The Hall–Kier alpha value is -4.19. The highest BCUT2D eigenvalue weighted by Gasteiger charge is 2.65. The minimum absolute atomic E-state index is 0.106. The molecule has 0 spiro atoms. The molecule has 2 aliphatic carbocycles. The monoisotopic (exact) mass is 717 g/mol. The van der Waals surface area contributed by atoms with Crippen molar-refractivity contribution in [2.45, 2.75) is 82.6 Å². The number of unbranched alkanes of at least 4 members (excludes halogenated alkanes) is 2. The summed E-state index contributed by atoms with van der Waals surface area (Å²) in [6.45, 7) is 10.6. The Labute approximate surface area is 307 Å². The molecule has 282 valence electrons. The zero-order valence-electron chi connectivity index (χ0n) is 30.9. The summed E-state index contributed by atoms with van der Waals surface area (Å²) in [7, 11) is 3.24. The Morgan fingerprint density at radius 2 is 1.90 bits per heavy atom. The van der Waals surface area contributed by atoms with E-state index in [-0.39, 0.29) is 44.2 Å². The first kappa shape index (κ1) is 39.0. The fraction of sp³-hybridized carbons (Fsp3) is 0.537. The number of aliphatic hydroxyl groups is 2. The van der Waals surface area contributed by atoms with Crippen LogP contribution < -0.4 is 9.47 Å². The number of pyridine rings is 1. The summed E-state index contributed by atoms with van der Waals surface area (Å²) < 4.78 is 26.0. The predicted molar refractivity (Wildman–Crippen MR) is 199 cm³/mol. The number of oxime groups is 1. The minimum atomic E-state index is -1.34. The zero-order valence-corrected chi connectivity index (χ0v) is 30.9. The third kappa shape index (κ3) is 8.54. The lowest BCUT2D eigenvalue weighted by Gasteiger charge is -2.59. The minimum Gasteiger partial charge on any atom is -0.487 e. The number of rotatable bonds is 19. The lowest BCUT2D eigenvalue weighted by Crippen LogP contribution is -2.69. The van der Waals surface area contributed by atoms with Crippen LogP contribution in [-0.2, 0) is 20.9 Å². The molecule has 1 aromatic heterocycles. The standard InChI is InChI=1S/C41H55N3O8/c1-6-8-23-49-40(47)44(4)37-26-35(43-48-5)33-24-29(15-9-11-20-45)32(17-10-12-21-46)38-34-25-31(50-27-30-16-13-14-28(3)42-30)18-19-36(34)52-41(37,39(33)38)51-22-7-2/h6-7,13-14,16,18-19,24-25,29,32,37-39,45-46H,1-2,8-12,15,17,20-23,26-27H2,3-5H3/t29-,32+,37-,38+,39+,41+/m0/s1. The number of carbonyl (C=O) groups excluding carboxylic acids is 1. The Kier molecular flexibility index (Phi) is 13.9. The van der Waals surface area contributed by atoms with Crippen molar-refractivity contribution in [3.8, 4) is 11.5 Å². The topological polar surface area (TPSA) is 132 Å². The van der Waals surface area contributed by atoms with Crippen molar-refractivity contribution < 1.29 is 38.8 Å². The average molecular weight is 718 g/mol. The van der Waals surface area contributed by atoms with Crippen LogP contribution in [0.5, 0.6) is 11.5 Å². The number of benzene rings is 1. The van der Waals surface area contributed by atoms with Gasteiger partial charge in [0.05, 0.1) is 30.5 Å². The van der Waals surface area contributed by atoms with Gasteiger partial charge in [0.1, 0.15) is 31.3 Å². The summed E-state index contributed by atoms with van der Waals surface area (Å²) >= 11 is 0. The molecule has 1 aromatic carbocycles. The maximum atomic E-state index is 13.6. The predicted octanol–water partition coefficient (Wildman–Crippen LogP) is 6.88. The van der Waals surface area contributed by atoms with Crippen molar-refractivity contribution in [3.05, 3.63) is 90.3 Å². The SMILES string of the molecule is C=CCCOC(=O)N(C)[C@H]1CC(=NOC)C2=C[C@H](CCCCO)[C@@H](CCCCO)[C@@H]3c4cc(OCc5cccc(C)n5)ccc4O[C@@]1(OCC=C)[C@H]23. The number of fused-ring (bicyclic) bond motifs is 2. The molecule has 1 saturated carbocycles. The average Bonchev–Trinajstić information content (AvgIpc) is 3.14. The first-order valence-corrected chi connectivity index (χ1v) is 18.5. The van der Waals surface area contributed by atoms with Crippen molar-refractivity contribution in [2.75, 3.05) is 40.6 Å². The van der Waals surface area contributed by atoms with Crippen molar-refractivity contribution in [3.63, 3.8) is 0 Å². The van der Waals surface area contributed by atoms with Crippen LogP contribution in [0.1, 0.15) is 74.2 Å². The number of aliphatic hydroxyl groups excluding tert-OH is 2. The zero-order chi connectivity index (χ0) is 37.1. The van der Waals surface area contributed by atoms with Crippen LogP contribution >= 0.6 is 0 Å². The number of ether oxygens (including phenoxy) is 4. The van der Waals surface area contributed by atoms with Crippen LogP contribution in [0.25, 0.3) is 0 Å². The van der Waals surface area contributed by atoms with E-state index in [9.17, 15) is 15.0 Å². The van der Waals surface area contributed by atoms with Crippen LogP contribution in [0, 0.1) is 24.7 Å². The number of hydrogen-bond acceptors (Lipinski definition) is 10. The molecular weight excluding hydrogens is 662 g/mol. The Morgan fingerprint density at radius 1 is 1.12 bits per heavy atom. The van der Waals surface area contributed by atoms with Gasteiger partial charge in [0.15, 0.2) is 0 Å². The number of amides is 1. The van der Waals surface area contributed by atoms with Gasteiger partial charge >= 0.3 is 6.09 Å². The van der Waals surface area contributed by atoms with Crippen molar-refractivity contribution in [2.24, 2.45) is 22.9 Å². The van der Waals surface area contributed by atoms with Crippen LogP contribution in [0.15, 0.2) is 78.5 Å². The molecule has 1 amide bonds. The fourth-order valence-electron chi connectivity index (χ4n) is 8.22. The van der Waals surface area contributed by atoms with Crippen LogP contribution in [0.3, 0.4) is 0 Å². The number of allylic oxidation sites excluding steroid dienone is 1.